The van der Waals surface area contributed by atoms with Gasteiger partial charge >= 0.3 is 0 Å². The van der Waals surface area contributed by atoms with Crippen molar-refractivity contribution >= 4 is 40.5 Å². The van der Waals surface area contributed by atoms with Crippen molar-refractivity contribution in [3.8, 4) is 6.07 Å². The third-order valence-electron chi connectivity index (χ3n) is 2.42. The molecule has 0 aliphatic heterocycles. The molecule has 1 heterocycles. The molecule has 0 N–H and O–H groups in total. The van der Waals surface area contributed by atoms with Crippen LogP contribution in [0, 0.1) is 27.4 Å². The first-order chi connectivity index (χ1) is 10.5. The number of benzene rings is 1. The summed E-state index contributed by atoms with van der Waals surface area (Å²) in [7, 11) is 0. The van der Waals surface area contributed by atoms with Crippen molar-refractivity contribution in [1.29, 1.82) is 5.26 Å². The Labute approximate surface area is 140 Å². The Morgan fingerprint density at radius 3 is 2.77 bits per heavy atom. The summed E-state index contributed by atoms with van der Waals surface area (Å²) in [6, 6.07) is 6.22. The van der Waals surface area contributed by atoms with E-state index in [-0.39, 0.29) is 11.3 Å². The molecule has 1 aromatic heterocycles. The minimum absolute atomic E-state index is 0.0914. The van der Waals surface area contributed by atoms with Crippen LogP contribution in [0.25, 0.3) is 0 Å². The van der Waals surface area contributed by atoms with Crippen molar-refractivity contribution in [1.82, 2.24) is 10.2 Å². The largest absolute Gasteiger partial charge is 0.270 e. The molecule has 0 aliphatic rings. The molecular weight excluding hydrogens is 340 g/mol. The predicted octanol–water partition coefficient (Wildman–Crippen LogP) is 4.22. The molecule has 6 nitrogen and oxygen atoms in total. The highest BCUT2D eigenvalue weighted by atomic mass is 32.2. The van der Waals surface area contributed by atoms with Crippen LogP contribution in [-0.2, 0) is 0 Å². The molecule has 0 atom stereocenters. The van der Waals surface area contributed by atoms with Gasteiger partial charge < -0.3 is 0 Å². The van der Waals surface area contributed by atoms with E-state index in [4.69, 9.17) is 5.26 Å². The lowest BCUT2D eigenvalue weighted by molar-refractivity contribution is -0.384. The van der Waals surface area contributed by atoms with Gasteiger partial charge in [-0.2, -0.15) is 5.26 Å². The number of hydrogen-bond donors (Lipinski definition) is 0. The van der Waals surface area contributed by atoms with Crippen molar-refractivity contribution < 1.29 is 4.92 Å². The normalized spacial score (nSPS) is 10.6. The molecule has 1 aromatic carbocycles. The SMILES string of the molecule is CC(C)CSc1nnc(Sc2ccc([N+](=O)[O-])cc2C#N)s1. The Morgan fingerprint density at radius 1 is 1.41 bits per heavy atom. The zero-order valence-corrected chi connectivity index (χ0v) is 14.3. The summed E-state index contributed by atoms with van der Waals surface area (Å²) in [5, 5.41) is 28.1. The van der Waals surface area contributed by atoms with Gasteiger partial charge in [0.05, 0.1) is 10.5 Å². The maximum Gasteiger partial charge on any atom is 0.270 e. The molecular formula is C13H12N4O2S3. The van der Waals surface area contributed by atoms with Crippen LogP contribution in [0.1, 0.15) is 19.4 Å². The molecule has 114 valence electrons. The molecule has 0 amide bonds. The van der Waals surface area contributed by atoms with Crippen molar-refractivity contribution in [3.05, 3.63) is 33.9 Å². The highest BCUT2D eigenvalue weighted by Crippen LogP contribution is 2.36. The van der Waals surface area contributed by atoms with Gasteiger partial charge in [0.2, 0.25) is 0 Å². The van der Waals surface area contributed by atoms with Crippen LogP contribution in [0.5, 0.6) is 0 Å². The highest BCUT2D eigenvalue weighted by Gasteiger charge is 2.14. The molecule has 0 saturated heterocycles. The number of nitrogens with zero attached hydrogens (tertiary/aromatic N) is 4. The van der Waals surface area contributed by atoms with E-state index in [2.05, 4.69) is 24.0 Å². The van der Waals surface area contributed by atoms with Gasteiger partial charge in [-0.3, -0.25) is 10.1 Å². The summed E-state index contributed by atoms with van der Waals surface area (Å²) < 4.78 is 1.60. The summed E-state index contributed by atoms with van der Waals surface area (Å²) in [6.07, 6.45) is 0. The minimum atomic E-state index is -0.513. The fourth-order valence-corrected chi connectivity index (χ4v) is 4.45. The fourth-order valence-electron chi connectivity index (χ4n) is 1.44. The molecule has 2 aromatic rings. The number of nitro groups is 1. The van der Waals surface area contributed by atoms with E-state index in [0.717, 1.165) is 14.4 Å². The van der Waals surface area contributed by atoms with Gasteiger partial charge in [0.15, 0.2) is 8.68 Å². The Kier molecular flexibility index (Phi) is 5.76. The third kappa shape index (κ3) is 4.43. The molecule has 22 heavy (non-hydrogen) atoms. The minimum Gasteiger partial charge on any atom is -0.258 e. The van der Waals surface area contributed by atoms with Gasteiger partial charge in [0, 0.05) is 22.8 Å². The van der Waals surface area contributed by atoms with Gasteiger partial charge in [-0.1, -0.05) is 48.7 Å². The zero-order valence-electron chi connectivity index (χ0n) is 11.8. The average Bonchev–Trinajstić information content (AvgIpc) is 2.93. The van der Waals surface area contributed by atoms with E-state index in [1.807, 2.05) is 6.07 Å². The zero-order chi connectivity index (χ0) is 16.1. The topological polar surface area (TPSA) is 92.7 Å². The van der Waals surface area contributed by atoms with Gasteiger partial charge in [0.25, 0.3) is 5.69 Å². The summed E-state index contributed by atoms with van der Waals surface area (Å²) in [6.45, 7) is 4.28. The van der Waals surface area contributed by atoms with Crippen molar-refractivity contribution in [2.45, 2.75) is 27.4 Å². The van der Waals surface area contributed by atoms with E-state index >= 15 is 0 Å². The number of rotatable bonds is 6. The standard InChI is InChI=1S/C13H12N4O2S3/c1-8(2)7-20-12-15-16-13(22-12)21-11-4-3-10(17(18)19)5-9(11)6-14/h3-5,8H,7H2,1-2H3. The lowest BCUT2D eigenvalue weighted by atomic mass is 10.2. The first-order valence-corrected chi connectivity index (χ1v) is 8.94. The first kappa shape index (κ1) is 16.7. The van der Waals surface area contributed by atoms with Crippen LogP contribution in [0.2, 0.25) is 0 Å². The number of thioether (sulfide) groups is 1. The lowest BCUT2D eigenvalue weighted by Gasteiger charge is -2.00. The van der Waals surface area contributed by atoms with Crippen molar-refractivity contribution in [2.24, 2.45) is 5.92 Å². The first-order valence-electron chi connectivity index (χ1n) is 6.32. The number of nitriles is 1. The van der Waals surface area contributed by atoms with Crippen LogP contribution >= 0.6 is 34.9 Å². The molecule has 0 fully saturated rings. The van der Waals surface area contributed by atoms with Gasteiger partial charge in [-0.15, -0.1) is 10.2 Å². The quantitative estimate of drug-likeness (QED) is 0.436. The number of aromatic nitrogens is 2. The fraction of sp³-hybridized carbons (Fsp3) is 0.308. The molecule has 0 saturated carbocycles. The van der Waals surface area contributed by atoms with Crippen LogP contribution in [0.4, 0.5) is 5.69 Å². The maximum atomic E-state index is 10.7. The second-order valence-electron chi connectivity index (χ2n) is 4.69. The number of non-ortho nitro benzene ring substituents is 1. The molecule has 0 radical (unpaired) electrons. The van der Waals surface area contributed by atoms with E-state index < -0.39 is 4.92 Å². The number of nitro benzene ring substituents is 1. The van der Waals surface area contributed by atoms with E-state index in [9.17, 15) is 10.1 Å². The lowest BCUT2D eigenvalue weighted by Crippen LogP contribution is -1.90. The van der Waals surface area contributed by atoms with Crippen LogP contribution in [-0.4, -0.2) is 20.9 Å². The molecule has 0 bridgehead atoms. The summed E-state index contributed by atoms with van der Waals surface area (Å²) in [4.78, 5) is 10.9. The third-order valence-corrected chi connectivity index (χ3v) is 6.03. The van der Waals surface area contributed by atoms with Gasteiger partial charge in [-0.05, 0) is 12.0 Å². The molecule has 2 rings (SSSR count). The molecule has 9 heteroatoms. The van der Waals surface area contributed by atoms with E-state index in [1.54, 1.807) is 17.8 Å². The van der Waals surface area contributed by atoms with E-state index in [1.165, 1.54) is 35.2 Å². The highest BCUT2D eigenvalue weighted by molar-refractivity contribution is 8.03. The average molecular weight is 352 g/mol. The Balaban J connectivity index is 2.14. The second-order valence-corrected chi connectivity index (χ2v) is 8.22. The predicted molar refractivity (Wildman–Crippen MR) is 87.4 cm³/mol. The Bertz CT molecular complexity index is 724. The molecule has 0 spiro atoms. The monoisotopic (exact) mass is 352 g/mol. The molecule has 0 unspecified atom stereocenters. The van der Waals surface area contributed by atoms with E-state index in [0.29, 0.717) is 10.8 Å². The maximum absolute atomic E-state index is 10.7. The van der Waals surface area contributed by atoms with Gasteiger partial charge in [-0.25, -0.2) is 0 Å². The Hall–Kier alpha value is -1.63. The number of hydrogen-bond acceptors (Lipinski definition) is 8. The second kappa shape index (κ2) is 7.58. The summed E-state index contributed by atoms with van der Waals surface area (Å²) in [5.41, 5.74) is 0.178. The summed E-state index contributed by atoms with van der Waals surface area (Å²) in [5.74, 6) is 1.55. The Morgan fingerprint density at radius 2 is 2.14 bits per heavy atom. The molecule has 0 aliphatic carbocycles. The van der Waals surface area contributed by atoms with Crippen LogP contribution in [0.3, 0.4) is 0 Å². The smallest absolute Gasteiger partial charge is 0.258 e. The summed E-state index contributed by atoms with van der Waals surface area (Å²) >= 11 is 4.41. The van der Waals surface area contributed by atoms with Crippen molar-refractivity contribution in [2.75, 3.05) is 5.75 Å². The van der Waals surface area contributed by atoms with Crippen LogP contribution in [0.15, 0.2) is 31.8 Å². The van der Waals surface area contributed by atoms with Crippen LogP contribution < -0.4 is 0 Å². The van der Waals surface area contributed by atoms with Gasteiger partial charge in [0.1, 0.15) is 6.07 Å². The van der Waals surface area contributed by atoms with Crippen molar-refractivity contribution in [3.63, 3.8) is 0 Å².